The molecule has 0 saturated heterocycles. The van der Waals surface area contributed by atoms with E-state index in [0.29, 0.717) is 24.3 Å². The number of hydrogen-bond donors (Lipinski definition) is 2. The van der Waals surface area contributed by atoms with Gasteiger partial charge in [0.15, 0.2) is 0 Å². The van der Waals surface area contributed by atoms with Crippen LogP contribution >= 0.6 is 11.3 Å². The molecule has 0 spiro atoms. The number of unbranched alkanes of at least 4 members (excludes halogenated alkanes) is 9. The topological polar surface area (TPSA) is 72.4 Å². The Morgan fingerprint density at radius 3 is 2.45 bits per heavy atom. The monoisotopic (exact) mass is 589 g/mol. The van der Waals surface area contributed by atoms with Crippen molar-refractivity contribution in [3.63, 3.8) is 0 Å². The molecule has 2 aromatic carbocycles. The lowest BCUT2D eigenvalue weighted by atomic mass is 10.1. The molecule has 0 aliphatic carbocycles. The molecule has 6 nitrogen and oxygen atoms in total. The normalized spacial score (nSPS) is 11.4. The van der Waals surface area contributed by atoms with Crippen LogP contribution in [-0.4, -0.2) is 36.7 Å². The second-order valence-corrected chi connectivity index (χ2v) is 12.0. The van der Waals surface area contributed by atoms with Crippen molar-refractivity contribution < 1.29 is 9.53 Å². The lowest BCUT2D eigenvalue weighted by Gasteiger charge is -2.12. The van der Waals surface area contributed by atoms with E-state index < -0.39 is 0 Å². The zero-order chi connectivity index (χ0) is 29.4. The third kappa shape index (κ3) is 9.70. The molecule has 0 atom stereocenters. The first-order valence-corrected chi connectivity index (χ1v) is 16.8. The first kappa shape index (κ1) is 31.8. The van der Waals surface area contributed by atoms with Crippen molar-refractivity contribution >= 4 is 43.9 Å². The summed E-state index contributed by atoms with van der Waals surface area (Å²) in [5, 5.41) is 11.3. The molecule has 4 rings (SSSR count). The highest BCUT2D eigenvalue weighted by molar-refractivity contribution is 7.17. The smallest absolute Gasteiger partial charge is 0.257 e. The predicted octanol–water partition coefficient (Wildman–Crippen LogP) is 8.64. The molecule has 0 aliphatic heterocycles. The van der Waals surface area contributed by atoms with Crippen LogP contribution in [0.15, 0.2) is 64.8 Å². The van der Waals surface area contributed by atoms with Crippen LogP contribution in [0.3, 0.4) is 0 Å². The van der Waals surface area contributed by atoms with Gasteiger partial charge in [-0.1, -0.05) is 64.4 Å². The summed E-state index contributed by atoms with van der Waals surface area (Å²) >= 11 is 1.77. The summed E-state index contributed by atoms with van der Waals surface area (Å²) in [5.74, 6) is 0.566. The number of nitrogens with one attached hydrogen (secondary N) is 2. The molecule has 0 fully saturated rings. The number of anilines is 1. The molecular weight excluding hydrogens is 542 g/mol. The van der Waals surface area contributed by atoms with Crippen LogP contribution < -0.4 is 20.9 Å². The lowest BCUT2D eigenvalue weighted by Crippen LogP contribution is -2.26. The summed E-state index contributed by atoms with van der Waals surface area (Å²) in [7, 11) is 0. The first-order chi connectivity index (χ1) is 20.7. The highest BCUT2D eigenvalue weighted by Gasteiger charge is 2.12. The number of thiophene rings is 1. The van der Waals surface area contributed by atoms with Crippen LogP contribution in [0.4, 0.5) is 5.69 Å². The predicted molar refractivity (Wildman–Crippen MR) is 179 cm³/mol. The van der Waals surface area contributed by atoms with E-state index >= 15 is 0 Å². The Labute approximate surface area is 254 Å². The third-order valence-corrected chi connectivity index (χ3v) is 8.62. The number of fused-ring (bicyclic) bond motifs is 2. The number of carbonyl (C=O) groups is 1. The molecule has 226 valence electrons. The molecule has 42 heavy (non-hydrogen) atoms. The second-order valence-electron chi connectivity index (χ2n) is 11.1. The van der Waals surface area contributed by atoms with Gasteiger partial charge in [0.2, 0.25) is 5.91 Å². The van der Waals surface area contributed by atoms with Crippen LogP contribution in [0, 0.1) is 0 Å². The second kappa shape index (κ2) is 17.7. The highest BCUT2D eigenvalue weighted by Crippen LogP contribution is 2.27. The molecule has 0 amide bonds. The minimum absolute atomic E-state index is 0.127. The maximum Gasteiger partial charge on any atom is 0.257 e. The SMILES string of the molecule is CCCCCCCCCCCC(=O)n1c(=O)ccc2ccc(OCCCCNCCNc3cccc4sccc34)cc21. The van der Waals surface area contributed by atoms with Crippen molar-refractivity contribution in [3.05, 3.63) is 70.3 Å². The van der Waals surface area contributed by atoms with E-state index in [4.69, 9.17) is 4.74 Å². The van der Waals surface area contributed by atoms with E-state index in [1.54, 1.807) is 17.4 Å². The maximum atomic E-state index is 13.0. The Hall–Kier alpha value is -3.16. The number of hydrogen-bond acceptors (Lipinski definition) is 6. The van der Waals surface area contributed by atoms with Gasteiger partial charge in [-0.25, -0.2) is 4.57 Å². The molecule has 4 aromatic rings. The van der Waals surface area contributed by atoms with Gasteiger partial charge in [-0.15, -0.1) is 11.3 Å². The molecule has 2 N–H and O–H groups in total. The standard InChI is InChI=1S/C35H47N3O3S/c1-2-3-4-5-6-7-8-9-10-16-34(39)38-32-27-29(19-17-28(32)18-20-35(38)40)41-25-12-11-22-36-23-24-37-31-14-13-15-33-30(31)21-26-42-33/h13-15,17-21,26-27,36-37H,2-12,16,22-25H2,1H3. The molecule has 0 saturated carbocycles. The number of nitrogens with zero attached hydrogens (tertiary/aromatic N) is 1. The largest absolute Gasteiger partial charge is 0.494 e. The number of carbonyl (C=O) groups excluding carboxylic acids is 1. The molecular formula is C35H47N3O3S. The first-order valence-electron chi connectivity index (χ1n) is 15.9. The maximum absolute atomic E-state index is 13.0. The van der Waals surface area contributed by atoms with Gasteiger partial charge in [0.1, 0.15) is 5.75 Å². The van der Waals surface area contributed by atoms with Crippen LogP contribution in [0.1, 0.15) is 88.8 Å². The zero-order valence-corrected chi connectivity index (χ0v) is 26.0. The lowest BCUT2D eigenvalue weighted by molar-refractivity contribution is 0.0900. The van der Waals surface area contributed by atoms with E-state index in [9.17, 15) is 9.59 Å². The summed E-state index contributed by atoms with van der Waals surface area (Å²) in [6.07, 6.45) is 13.1. The average Bonchev–Trinajstić information content (AvgIpc) is 3.49. The van der Waals surface area contributed by atoms with Crippen LogP contribution in [0.5, 0.6) is 5.75 Å². The van der Waals surface area contributed by atoms with Crippen LogP contribution in [0.25, 0.3) is 21.0 Å². The van der Waals surface area contributed by atoms with E-state index in [-0.39, 0.29) is 11.5 Å². The number of pyridine rings is 1. The van der Waals surface area contributed by atoms with Crippen LogP contribution in [0.2, 0.25) is 0 Å². The number of aromatic nitrogens is 1. The summed E-state index contributed by atoms with van der Waals surface area (Å²) in [6, 6.07) is 17.5. The third-order valence-electron chi connectivity index (χ3n) is 7.74. The van der Waals surface area contributed by atoms with E-state index in [2.05, 4.69) is 47.2 Å². The van der Waals surface area contributed by atoms with Crippen molar-refractivity contribution in [2.24, 2.45) is 0 Å². The minimum Gasteiger partial charge on any atom is -0.494 e. The van der Waals surface area contributed by atoms with Crippen LogP contribution in [-0.2, 0) is 0 Å². The Morgan fingerprint density at radius 1 is 0.833 bits per heavy atom. The van der Waals surface area contributed by atoms with Gasteiger partial charge >= 0.3 is 0 Å². The summed E-state index contributed by atoms with van der Waals surface area (Å²) in [6.45, 7) is 5.54. The van der Waals surface area contributed by atoms with Gasteiger partial charge in [0.05, 0.1) is 12.1 Å². The fourth-order valence-electron chi connectivity index (χ4n) is 5.36. The van der Waals surface area contributed by atoms with Crippen molar-refractivity contribution in [3.8, 4) is 5.75 Å². The zero-order valence-electron chi connectivity index (χ0n) is 25.2. The van der Waals surface area contributed by atoms with Crippen molar-refractivity contribution in [1.29, 1.82) is 0 Å². The number of ether oxygens (including phenoxy) is 1. The van der Waals surface area contributed by atoms with Crippen molar-refractivity contribution in [1.82, 2.24) is 9.88 Å². The molecule has 2 aromatic heterocycles. The molecule has 0 bridgehead atoms. The molecule has 0 unspecified atom stereocenters. The van der Waals surface area contributed by atoms with Gasteiger partial charge in [0, 0.05) is 47.4 Å². The van der Waals surface area contributed by atoms with E-state index in [1.807, 2.05) is 18.2 Å². The molecule has 0 aliphatic rings. The van der Waals surface area contributed by atoms with Crippen molar-refractivity contribution in [2.45, 2.75) is 84.0 Å². The Kier molecular flexibility index (Phi) is 13.4. The van der Waals surface area contributed by atoms with Gasteiger partial charge in [-0.05, 0) is 73.0 Å². The van der Waals surface area contributed by atoms with Crippen molar-refractivity contribution in [2.75, 3.05) is 31.6 Å². The summed E-state index contributed by atoms with van der Waals surface area (Å²) in [5.41, 5.74) is 1.55. The fraction of sp³-hybridized carbons (Fsp3) is 0.486. The quantitative estimate of drug-likeness (QED) is 0.101. The van der Waals surface area contributed by atoms with Gasteiger partial charge in [0.25, 0.3) is 5.56 Å². The summed E-state index contributed by atoms with van der Waals surface area (Å²) < 4.78 is 8.65. The fourth-order valence-corrected chi connectivity index (χ4v) is 6.17. The minimum atomic E-state index is -0.270. The molecule has 0 radical (unpaired) electrons. The number of rotatable bonds is 20. The highest BCUT2D eigenvalue weighted by atomic mass is 32.1. The van der Waals surface area contributed by atoms with Gasteiger partial charge < -0.3 is 15.4 Å². The van der Waals surface area contributed by atoms with E-state index in [1.165, 1.54) is 64.9 Å². The summed E-state index contributed by atoms with van der Waals surface area (Å²) in [4.78, 5) is 25.7. The Balaban J connectivity index is 1.14. The molecule has 7 heteroatoms. The van der Waals surface area contributed by atoms with Gasteiger partial charge in [-0.2, -0.15) is 0 Å². The Morgan fingerprint density at radius 2 is 1.62 bits per heavy atom. The van der Waals surface area contributed by atoms with Gasteiger partial charge in [-0.3, -0.25) is 9.59 Å². The molecule has 2 heterocycles. The van der Waals surface area contributed by atoms with E-state index in [0.717, 1.165) is 57.1 Å². The number of benzene rings is 2. The Bertz CT molecular complexity index is 1440. The average molecular weight is 590 g/mol.